The van der Waals surface area contributed by atoms with Crippen LogP contribution in [-0.4, -0.2) is 111 Å². The lowest BCUT2D eigenvalue weighted by Crippen LogP contribution is -2.64. The lowest BCUT2D eigenvalue weighted by molar-refractivity contribution is -0.220. The topological polar surface area (TPSA) is 222 Å². The largest absolute Gasteiger partial charge is 0.472 e. The van der Waals surface area contributed by atoms with Crippen molar-refractivity contribution in [2.45, 2.75) is 249 Å². The summed E-state index contributed by atoms with van der Waals surface area (Å²) in [4.78, 5) is 35.7. The van der Waals surface area contributed by atoms with Gasteiger partial charge in [0.15, 0.2) is 6.10 Å². The second-order valence-corrected chi connectivity index (χ2v) is 18.4. The number of aliphatic hydroxyl groups is 5. The normalized spacial score (nSPS) is 25.6. The monoisotopic (exact) mass is 879 g/mol. The van der Waals surface area contributed by atoms with Crippen LogP contribution < -0.4 is 0 Å². The Morgan fingerprint density at radius 1 is 0.583 bits per heavy atom. The van der Waals surface area contributed by atoms with Crippen LogP contribution in [0.25, 0.3) is 0 Å². The van der Waals surface area contributed by atoms with Gasteiger partial charge in [0.2, 0.25) is 0 Å². The maximum absolute atomic E-state index is 12.8. The molecule has 0 aromatic carbocycles. The summed E-state index contributed by atoms with van der Waals surface area (Å²) in [6, 6.07) is 0. The van der Waals surface area contributed by atoms with E-state index in [4.69, 9.17) is 23.3 Å². The van der Waals surface area contributed by atoms with Crippen molar-refractivity contribution in [2.75, 3.05) is 13.2 Å². The highest BCUT2D eigenvalue weighted by Gasteiger charge is 2.51. The maximum Gasteiger partial charge on any atom is 0.472 e. The van der Waals surface area contributed by atoms with Gasteiger partial charge in [0.05, 0.1) is 18.8 Å². The smallest absolute Gasteiger partial charge is 0.462 e. The first-order valence-electron chi connectivity index (χ1n) is 23.6. The number of unbranched alkanes of at least 4 members (excludes halogenated alkanes) is 21. The number of carbonyl (C=O) groups excluding carboxylic acids is 2. The molecule has 0 spiro atoms. The molecule has 0 aromatic rings. The molecule has 1 saturated heterocycles. The third kappa shape index (κ3) is 25.0. The highest BCUT2D eigenvalue weighted by Crippen LogP contribution is 2.47. The molecule has 10 atom stereocenters. The van der Waals surface area contributed by atoms with Gasteiger partial charge in [0.1, 0.15) is 43.2 Å². The van der Waals surface area contributed by atoms with Crippen molar-refractivity contribution in [1.82, 2.24) is 0 Å². The zero-order chi connectivity index (χ0) is 44.0. The number of carbonyl (C=O) groups is 2. The molecule has 1 aliphatic carbocycles. The molecule has 0 bridgehead atoms. The summed E-state index contributed by atoms with van der Waals surface area (Å²) in [5, 5.41) is 50.2. The van der Waals surface area contributed by atoms with E-state index in [1.165, 1.54) is 83.5 Å². The fraction of sp³-hybridized carbons (Fsp3) is 0.911. The highest BCUT2D eigenvalue weighted by molar-refractivity contribution is 7.47. The number of rotatable bonds is 38. The van der Waals surface area contributed by atoms with E-state index in [0.717, 1.165) is 70.6 Å². The molecule has 0 amide bonds. The number of esters is 2. The predicted octanol–water partition coefficient (Wildman–Crippen LogP) is 8.05. The van der Waals surface area contributed by atoms with E-state index < -0.39 is 75.7 Å². The van der Waals surface area contributed by atoms with Crippen LogP contribution in [0.1, 0.15) is 194 Å². The number of hydrogen-bond acceptors (Lipinski definition) is 13. The summed E-state index contributed by atoms with van der Waals surface area (Å²) in [6.07, 6.45) is 21.5. The number of epoxide rings is 1. The Morgan fingerprint density at radius 2 is 1.05 bits per heavy atom. The van der Waals surface area contributed by atoms with Gasteiger partial charge in [-0.3, -0.25) is 18.6 Å². The third-order valence-corrected chi connectivity index (χ3v) is 12.5. The lowest BCUT2D eigenvalue weighted by Gasteiger charge is -2.41. The minimum absolute atomic E-state index is 0.0961. The molecule has 0 aromatic heterocycles. The predicted molar refractivity (Wildman–Crippen MR) is 230 cm³/mol. The van der Waals surface area contributed by atoms with Gasteiger partial charge in [-0.05, 0) is 38.5 Å². The van der Waals surface area contributed by atoms with Gasteiger partial charge in [-0.25, -0.2) is 4.57 Å². The average Bonchev–Trinajstić information content (AvgIpc) is 3.98. The Bertz CT molecular complexity index is 1170. The van der Waals surface area contributed by atoms with Crippen LogP contribution in [0, 0.1) is 0 Å². The number of phosphoric acid groups is 1. The van der Waals surface area contributed by atoms with Gasteiger partial charge in [-0.1, -0.05) is 154 Å². The van der Waals surface area contributed by atoms with Crippen molar-refractivity contribution in [3.05, 3.63) is 12.2 Å². The van der Waals surface area contributed by atoms with Gasteiger partial charge >= 0.3 is 19.8 Å². The SMILES string of the molecule is CCCCCCCCCCCCCCCCCC(=O)O[C@H](COC(=O)CCCCCCC/C=C\CC1OC1CCCCC)COP(=O)(O)OC1[C@H](O)[C@H](O)C(O)[C@H](O)[C@H]1O. The summed E-state index contributed by atoms with van der Waals surface area (Å²) in [7, 11) is -5.12. The van der Waals surface area contributed by atoms with Gasteiger partial charge in [0, 0.05) is 12.8 Å². The van der Waals surface area contributed by atoms with Gasteiger partial charge in [-0.2, -0.15) is 0 Å². The number of allylic oxidation sites excluding steroid dienone is 1. The van der Waals surface area contributed by atoms with Gasteiger partial charge in [0.25, 0.3) is 0 Å². The van der Waals surface area contributed by atoms with Crippen LogP contribution in [0.3, 0.4) is 0 Å². The van der Waals surface area contributed by atoms with E-state index >= 15 is 0 Å². The van der Waals surface area contributed by atoms with Crippen molar-refractivity contribution < 1.29 is 67.8 Å². The summed E-state index contributed by atoms with van der Waals surface area (Å²) >= 11 is 0. The van der Waals surface area contributed by atoms with Crippen molar-refractivity contribution in [3.63, 3.8) is 0 Å². The molecule has 1 saturated carbocycles. The van der Waals surface area contributed by atoms with E-state index in [0.29, 0.717) is 25.0 Å². The van der Waals surface area contributed by atoms with Crippen LogP contribution >= 0.6 is 7.82 Å². The Morgan fingerprint density at radius 3 is 1.60 bits per heavy atom. The van der Waals surface area contributed by atoms with Crippen LogP contribution in [0.4, 0.5) is 0 Å². The fourth-order valence-corrected chi connectivity index (χ4v) is 8.56. The maximum atomic E-state index is 12.8. The minimum Gasteiger partial charge on any atom is -0.462 e. The van der Waals surface area contributed by atoms with Gasteiger partial charge < -0.3 is 44.6 Å². The summed E-state index contributed by atoms with van der Waals surface area (Å²) in [5.41, 5.74) is 0. The first kappa shape index (κ1) is 54.7. The van der Waals surface area contributed by atoms with E-state index in [1.54, 1.807) is 0 Å². The minimum atomic E-state index is -5.12. The summed E-state index contributed by atoms with van der Waals surface area (Å²) in [6.45, 7) is 3.26. The molecule has 15 heteroatoms. The summed E-state index contributed by atoms with van der Waals surface area (Å²) < 4.78 is 39.3. The van der Waals surface area contributed by atoms with Gasteiger partial charge in [-0.15, -0.1) is 0 Å². The number of phosphoric ester groups is 1. The molecule has 1 aliphatic heterocycles. The first-order chi connectivity index (χ1) is 28.9. The molecule has 2 rings (SSSR count). The molecule has 5 unspecified atom stereocenters. The fourth-order valence-electron chi connectivity index (χ4n) is 7.59. The molecular formula is C45H83O14P. The first-order valence-corrected chi connectivity index (χ1v) is 25.1. The van der Waals surface area contributed by atoms with Crippen molar-refractivity contribution in [3.8, 4) is 0 Å². The quantitative estimate of drug-likeness (QED) is 0.0114. The zero-order valence-corrected chi connectivity index (χ0v) is 37.9. The zero-order valence-electron chi connectivity index (χ0n) is 37.0. The number of hydrogen-bond donors (Lipinski definition) is 6. The molecule has 2 fully saturated rings. The molecule has 60 heavy (non-hydrogen) atoms. The molecule has 352 valence electrons. The van der Waals surface area contributed by atoms with Crippen molar-refractivity contribution >= 4 is 19.8 Å². The van der Waals surface area contributed by atoms with E-state index in [1.807, 2.05) is 0 Å². The van der Waals surface area contributed by atoms with Crippen LogP contribution in [0.5, 0.6) is 0 Å². The van der Waals surface area contributed by atoms with Crippen molar-refractivity contribution in [1.29, 1.82) is 0 Å². The van der Waals surface area contributed by atoms with E-state index in [2.05, 4.69) is 26.0 Å². The molecule has 14 nitrogen and oxygen atoms in total. The van der Waals surface area contributed by atoms with E-state index in [-0.39, 0.29) is 12.8 Å². The Kier molecular flexibility index (Phi) is 30.2. The summed E-state index contributed by atoms with van der Waals surface area (Å²) in [5.74, 6) is -1.11. The molecular weight excluding hydrogens is 795 g/mol. The molecule has 6 N–H and O–H groups in total. The number of aliphatic hydroxyl groups excluding tert-OH is 5. The van der Waals surface area contributed by atoms with Crippen LogP contribution in [0.15, 0.2) is 12.2 Å². The van der Waals surface area contributed by atoms with Crippen LogP contribution in [0.2, 0.25) is 0 Å². The Labute approximate surface area is 360 Å². The molecule has 1 heterocycles. The Balaban J connectivity index is 1.69. The molecule has 2 aliphatic rings. The second-order valence-electron chi connectivity index (χ2n) is 17.0. The van der Waals surface area contributed by atoms with Crippen molar-refractivity contribution in [2.24, 2.45) is 0 Å². The lowest BCUT2D eigenvalue weighted by atomic mass is 9.85. The Hall–Kier alpha value is -1.45. The van der Waals surface area contributed by atoms with E-state index in [9.17, 15) is 44.6 Å². The third-order valence-electron chi connectivity index (χ3n) is 11.5. The number of ether oxygens (including phenoxy) is 3. The molecule has 0 radical (unpaired) electrons. The second kappa shape index (κ2) is 33.1. The van der Waals surface area contributed by atoms with Crippen LogP contribution in [-0.2, 0) is 37.4 Å². The highest BCUT2D eigenvalue weighted by atomic mass is 31.2. The standard InChI is InChI=1S/C45H83O14P/c1-3-5-7-8-9-10-11-12-13-14-15-16-21-24-28-32-39(47)57-35(34-56-60(53,54)59-45-43(51)41(49)40(48)42(50)44(45)52)33-55-38(46)31-27-23-20-18-17-19-22-26-30-37-36(58-37)29-25-6-4-2/h22,26,35-37,40-45,48-52H,3-21,23-25,27-34H2,1-2H3,(H,53,54)/b26-22-/t35-,36?,37?,40?,41-,42+,43-,44-,45?/m1/s1. The average molecular weight is 879 g/mol.